The van der Waals surface area contributed by atoms with Crippen molar-refractivity contribution in [2.75, 3.05) is 4.90 Å². The van der Waals surface area contributed by atoms with Crippen LogP contribution in [0.15, 0.2) is 90.6 Å². The van der Waals surface area contributed by atoms with Crippen LogP contribution in [0.25, 0.3) is 0 Å². The van der Waals surface area contributed by atoms with E-state index in [1.165, 1.54) is 29.2 Å². The van der Waals surface area contributed by atoms with Gasteiger partial charge in [0.1, 0.15) is 5.75 Å². The van der Waals surface area contributed by atoms with Gasteiger partial charge in [0.15, 0.2) is 0 Å². The van der Waals surface area contributed by atoms with E-state index in [-0.39, 0.29) is 17.7 Å². The highest BCUT2D eigenvalue weighted by atomic mass is 19.4. The van der Waals surface area contributed by atoms with E-state index in [4.69, 9.17) is 0 Å². The smallest absolute Gasteiger partial charge is 0.416 e. The largest absolute Gasteiger partial charge is 0.508 e. The molecule has 0 bridgehead atoms. The van der Waals surface area contributed by atoms with Gasteiger partial charge in [-0.2, -0.15) is 13.2 Å². The molecule has 32 heavy (non-hydrogen) atoms. The second-order valence-electron chi connectivity index (χ2n) is 7.62. The summed E-state index contributed by atoms with van der Waals surface area (Å²) in [6.45, 7) is 1.92. The summed E-state index contributed by atoms with van der Waals surface area (Å²) in [5.74, 6) is -0.323. The average Bonchev–Trinajstić information content (AvgIpc) is 3.10. The van der Waals surface area contributed by atoms with Crippen LogP contribution < -0.4 is 10.2 Å². The Balaban J connectivity index is 1.69. The maximum absolute atomic E-state index is 13.3. The van der Waals surface area contributed by atoms with Gasteiger partial charge >= 0.3 is 6.18 Å². The number of anilines is 1. The Morgan fingerprint density at radius 2 is 1.66 bits per heavy atom. The van der Waals surface area contributed by atoms with Crippen molar-refractivity contribution in [3.05, 3.63) is 107 Å². The average molecular weight is 438 g/mol. The number of alkyl halides is 3. The maximum atomic E-state index is 13.3. The molecule has 0 aromatic heterocycles. The fourth-order valence-corrected chi connectivity index (χ4v) is 3.77. The van der Waals surface area contributed by atoms with Crippen LogP contribution >= 0.6 is 0 Å². The summed E-state index contributed by atoms with van der Waals surface area (Å²) < 4.78 is 39.0. The summed E-state index contributed by atoms with van der Waals surface area (Å²) in [4.78, 5) is 14.8. The molecule has 0 spiro atoms. The molecule has 0 radical (unpaired) electrons. The summed E-state index contributed by atoms with van der Waals surface area (Å²) >= 11 is 0. The van der Waals surface area contributed by atoms with Gasteiger partial charge in [0.05, 0.1) is 17.3 Å². The van der Waals surface area contributed by atoms with Gasteiger partial charge in [-0.25, -0.2) is 0 Å². The number of benzene rings is 3. The van der Waals surface area contributed by atoms with Gasteiger partial charge in [-0.05, 0) is 60.5 Å². The summed E-state index contributed by atoms with van der Waals surface area (Å²) in [7, 11) is 0. The van der Waals surface area contributed by atoms with Crippen molar-refractivity contribution in [3.8, 4) is 5.75 Å². The number of halogens is 3. The quantitative estimate of drug-likeness (QED) is 0.535. The van der Waals surface area contributed by atoms with Crippen LogP contribution in [0.2, 0.25) is 0 Å². The lowest BCUT2D eigenvalue weighted by Crippen LogP contribution is -2.33. The minimum Gasteiger partial charge on any atom is -0.508 e. The number of carbonyl (C=O) groups excluding carboxylic acids is 1. The Morgan fingerprint density at radius 1 is 0.969 bits per heavy atom. The van der Waals surface area contributed by atoms with Crippen LogP contribution in [0.1, 0.15) is 35.7 Å². The van der Waals surface area contributed by atoms with Crippen molar-refractivity contribution >= 4 is 11.6 Å². The molecule has 0 fully saturated rings. The molecule has 4 nitrogen and oxygen atoms in total. The van der Waals surface area contributed by atoms with Crippen LogP contribution in [-0.2, 0) is 11.0 Å². The number of rotatable bonds is 5. The van der Waals surface area contributed by atoms with Crippen LogP contribution in [0.4, 0.5) is 18.9 Å². The molecular formula is C25H21F3N2O2. The van der Waals surface area contributed by atoms with Crippen molar-refractivity contribution in [3.63, 3.8) is 0 Å². The summed E-state index contributed by atoms with van der Waals surface area (Å²) in [6, 6.07) is 19.8. The predicted octanol–water partition coefficient (Wildman–Crippen LogP) is 5.73. The molecule has 3 aromatic carbocycles. The number of phenols is 1. The topological polar surface area (TPSA) is 52.6 Å². The lowest BCUT2D eigenvalue weighted by molar-refractivity contribution is -0.137. The number of nitrogens with zero attached hydrogens (tertiary/aromatic N) is 1. The molecule has 4 rings (SSSR count). The molecule has 1 aliphatic heterocycles. The Labute approximate surface area is 183 Å². The van der Waals surface area contributed by atoms with Gasteiger partial charge in [0, 0.05) is 11.7 Å². The Bertz CT molecular complexity index is 1140. The van der Waals surface area contributed by atoms with Crippen LogP contribution in [0, 0.1) is 0 Å². The molecular weight excluding hydrogens is 417 g/mol. The van der Waals surface area contributed by atoms with Gasteiger partial charge < -0.3 is 10.4 Å². The minimum absolute atomic E-state index is 0.0368. The van der Waals surface area contributed by atoms with E-state index in [2.05, 4.69) is 5.32 Å². The van der Waals surface area contributed by atoms with E-state index in [1.807, 2.05) is 37.3 Å². The van der Waals surface area contributed by atoms with Gasteiger partial charge in [0.2, 0.25) is 0 Å². The third kappa shape index (κ3) is 4.32. The molecule has 1 amide bonds. The second kappa shape index (κ2) is 8.42. The molecule has 0 saturated carbocycles. The Kier molecular flexibility index (Phi) is 5.65. The monoisotopic (exact) mass is 438 g/mol. The first-order valence-electron chi connectivity index (χ1n) is 10.1. The number of phenolic OH excluding ortho intramolecular Hbond substituents is 1. The predicted molar refractivity (Wildman–Crippen MR) is 116 cm³/mol. The van der Waals surface area contributed by atoms with Crippen LogP contribution in [0.3, 0.4) is 0 Å². The van der Waals surface area contributed by atoms with Gasteiger partial charge in [0.25, 0.3) is 5.91 Å². The fourth-order valence-electron chi connectivity index (χ4n) is 3.77. The zero-order valence-electron chi connectivity index (χ0n) is 17.2. The third-order valence-corrected chi connectivity index (χ3v) is 5.41. The van der Waals surface area contributed by atoms with E-state index >= 15 is 0 Å². The highest BCUT2D eigenvalue weighted by Gasteiger charge is 2.36. The summed E-state index contributed by atoms with van der Waals surface area (Å²) in [5.41, 5.74) is 1.52. The number of nitrogens with one attached hydrogen (secondary N) is 1. The molecule has 1 aliphatic rings. The zero-order valence-corrected chi connectivity index (χ0v) is 17.2. The molecule has 0 saturated heterocycles. The third-order valence-electron chi connectivity index (χ3n) is 5.41. The van der Waals surface area contributed by atoms with Crippen molar-refractivity contribution in [1.82, 2.24) is 5.32 Å². The molecule has 2 atom stereocenters. The highest BCUT2D eigenvalue weighted by Crippen LogP contribution is 2.38. The van der Waals surface area contributed by atoms with Crippen LogP contribution in [-0.4, -0.2) is 11.0 Å². The van der Waals surface area contributed by atoms with E-state index in [1.54, 1.807) is 18.2 Å². The molecule has 0 unspecified atom stereocenters. The normalized spacial score (nSPS) is 17.2. The summed E-state index contributed by atoms with van der Waals surface area (Å²) in [6.07, 6.45) is -2.73. The van der Waals surface area contributed by atoms with Gasteiger partial charge in [-0.15, -0.1) is 0 Å². The van der Waals surface area contributed by atoms with Crippen molar-refractivity contribution in [2.45, 2.75) is 25.2 Å². The maximum Gasteiger partial charge on any atom is 0.416 e. The molecule has 0 aliphatic carbocycles. The fraction of sp³-hybridized carbons (Fsp3) is 0.160. The van der Waals surface area contributed by atoms with Gasteiger partial charge in [-0.1, -0.05) is 42.5 Å². The highest BCUT2D eigenvalue weighted by molar-refractivity contribution is 6.08. The van der Waals surface area contributed by atoms with E-state index in [0.29, 0.717) is 16.9 Å². The van der Waals surface area contributed by atoms with Crippen molar-refractivity contribution < 1.29 is 23.1 Å². The first-order chi connectivity index (χ1) is 15.2. The van der Waals surface area contributed by atoms with Crippen molar-refractivity contribution in [1.29, 1.82) is 0 Å². The number of hydrogen-bond acceptors (Lipinski definition) is 3. The first kappa shape index (κ1) is 21.5. The minimum atomic E-state index is -4.46. The Morgan fingerprint density at radius 3 is 2.28 bits per heavy atom. The van der Waals surface area contributed by atoms with E-state index in [0.717, 1.165) is 17.7 Å². The Hall–Kier alpha value is -3.74. The molecule has 3 aromatic rings. The summed E-state index contributed by atoms with van der Waals surface area (Å²) in [5, 5.41) is 13.1. The number of hydrogen-bond donors (Lipinski definition) is 2. The first-order valence-corrected chi connectivity index (χ1v) is 10.1. The van der Waals surface area contributed by atoms with Gasteiger partial charge in [-0.3, -0.25) is 9.69 Å². The lowest BCUT2D eigenvalue weighted by atomic mass is 10.1. The van der Waals surface area contributed by atoms with E-state index < -0.39 is 17.8 Å². The zero-order chi connectivity index (χ0) is 22.9. The molecule has 164 valence electrons. The molecule has 2 N–H and O–H groups in total. The SMILES string of the molecule is C[C@@H](NC1=C[C@@H](c2cccc(O)c2)N(c2ccc(C(F)(F)F)cc2)C1=O)c1ccccc1. The van der Waals surface area contributed by atoms with Crippen LogP contribution in [0.5, 0.6) is 5.75 Å². The number of amides is 1. The standard InChI is InChI=1S/C25H21F3N2O2/c1-16(17-6-3-2-4-7-17)29-22-15-23(18-8-5-9-21(31)14-18)30(24(22)32)20-12-10-19(11-13-20)25(26,27)28/h2-16,23,29,31H,1H3/t16-,23+/m1/s1. The van der Waals surface area contributed by atoms with Crippen molar-refractivity contribution in [2.24, 2.45) is 0 Å². The number of aromatic hydroxyl groups is 1. The molecule has 1 heterocycles. The lowest BCUT2D eigenvalue weighted by Gasteiger charge is -2.26. The van der Waals surface area contributed by atoms with E-state index in [9.17, 15) is 23.1 Å². The second-order valence-corrected chi connectivity index (χ2v) is 7.62. The number of carbonyl (C=O) groups is 1. The molecule has 7 heteroatoms.